The van der Waals surface area contributed by atoms with E-state index in [4.69, 9.17) is 0 Å². The number of tetrazole rings is 1. The second-order valence-corrected chi connectivity index (χ2v) is 5.58. The van der Waals surface area contributed by atoms with E-state index < -0.39 is 0 Å². The molecule has 96 valence electrons. The van der Waals surface area contributed by atoms with Crippen LogP contribution in [0.15, 0.2) is 35.5 Å². The first-order valence-corrected chi connectivity index (χ1v) is 7.98. The molecule has 1 unspecified atom stereocenters. The van der Waals surface area contributed by atoms with Crippen molar-refractivity contribution in [1.29, 1.82) is 0 Å². The molecule has 0 radical (unpaired) electrons. The number of hydrogen-bond donors (Lipinski definition) is 0. The lowest BCUT2D eigenvalue weighted by Gasteiger charge is -2.10. The molecule has 2 aromatic rings. The van der Waals surface area contributed by atoms with Gasteiger partial charge in [0, 0.05) is 11.1 Å². The molecule has 0 N–H and O–H groups in total. The van der Waals surface area contributed by atoms with Gasteiger partial charge < -0.3 is 0 Å². The lowest BCUT2D eigenvalue weighted by molar-refractivity contribution is 0.650. The summed E-state index contributed by atoms with van der Waals surface area (Å²) in [7, 11) is 0. The van der Waals surface area contributed by atoms with Crippen LogP contribution in [0.1, 0.15) is 13.3 Å². The smallest absolute Gasteiger partial charge is 0.188 e. The number of para-hydroxylation sites is 1. The van der Waals surface area contributed by atoms with E-state index in [-0.39, 0.29) is 0 Å². The molecule has 4 nitrogen and oxygen atoms in total. The Morgan fingerprint density at radius 1 is 1.33 bits per heavy atom. The molecular weight excluding hydrogens is 312 g/mol. The summed E-state index contributed by atoms with van der Waals surface area (Å²) in [4.78, 5) is 0. The highest BCUT2D eigenvalue weighted by Crippen LogP contribution is 2.22. The van der Waals surface area contributed by atoms with Crippen molar-refractivity contribution in [2.75, 3.05) is 11.1 Å². The van der Waals surface area contributed by atoms with Crippen molar-refractivity contribution in [3.8, 4) is 5.69 Å². The van der Waals surface area contributed by atoms with E-state index in [2.05, 4.69) is 38.4 Å². The van der Waals surface area contributed by atoms with Gasteiger partial charge in [-0.15, -0.1) is 5.10 Å². The summed E-state index contributed by atoms with van der Waals surface area (Å²) in [5, 5.41) is 13.7. The number of nitrogens with zero attached hydrogens (tertiary/aromatic N) is 4. The minimum atomic E-state index is 0.649. The summed E-state index contributed by atoms with van der Waals surface area (Å²) >= 11 is 5.23. The molecular formula is C12H15BrN4S. The lowest BCUT2D eigenvalue weighted by atomic mass is 10.2. The van der Waals surface area contributed by atoms with E-state index in [0.29, 0.717) is 5.92 Å². The third-order valence-corrected chi connectivity index (χ3v) is 4.75. The Labute approximate surface area is 119 Å². The van der Waals surface area contributed by atoms with Crippen LogP contribution >= 0.6 is 27.7 Å². The third kappa shape index (κ3) is 3.32. The first-order valence-electron chi connectivity index (χ1n) is 5.87. The Balaban J connectivity index is 2.09. The minimum Gasteiger partial charge on any atom is -0.188 e. The largest absolute Gasteiger partial charge is 0.214 e. The highest BCUT2D eigenvalue weighted by Gasteiger charge is 2.11. The molecule has 0 bridgehead atoms. The van der Waals surface area contributed by atoms with Gasteiger partial charge in [-0.3, -0.25) is 0 Å². The second kappa shape index (κ2) is 6.89. The van der Waals surface area contributed by atoms with Crippen molar-refractivity contribution in [1.82, 2.24) is 20.2 Å². The van der Waals surface area contributed by atoms with Gasteiger partial charge in [-0.25, -0.2) is 0 Å². The zero-order valence-electron chi connectivity index (χ0n) is 10.2. The third-order valence-electron chi connectivity index (χ3n) is 2.69. The number of rotatable bonds is 6. The highest BCUT2D eigenvalue weighted by atomic mass is 79.9. The predicted molar refractivity (Wildman–Crippen MR) is 77.5 cm³/mol. The summed E-state index contributed by atoms with van der Waals surface area (Å²) in [6, 6.07) is 9.96. The lowest BCUT2D eigenvalue weighted by Crippen LogP contribution is -2.05. The topological polar surface area (TPSA) is 43.6 Å². The standard InChI is InChI=1S/C12H15BrN4S/c1-2-10(8-13)9-18-12-14-15-16-17(12)11-6-4-3-5-7-11/h3-7,10H,2,8-9H2,1H3. The Kier molecular flexibility index (Phi) is 5.19. The van der Waals surface area contributed by atoms with Gasteiger partial charge in [0.05, 0.1) is 5.69 Å². The molecule has 0 fully saturated rings. The highest BCUT2D eigenvalue weighted by molar-refractivity contribution is 9.09. The first kappa shape index (κ1) is 13.5. The van der Waals surface area contributed by atoms with E-state index >= 15 is 0 Å². The number of benzene rings is 1. The van der Waals surface area contributed by atoms with Crippen LogP contribution in [0.3, 0.4) is 0 Å². The average Bonchev–Trinajstić information content (AvgIpc) is 2.89. The molecule has 0 saturated heterocycles. The maximum atomic E-state index is 4.08. The van der Waals surface area contributed by atoms with E-state index in [1.807, 2.05) is 30.3 Å². The Bertz CT molecular complexity index is 470. The van der Waals surface area contributed by atoms with E-state index in [0.717, 1.165) is 28.3 Å². The molecule has 1 aromatic carbocycles. The molecule has 0 amide bonds. The van der Waals surface area contributed by atoms with Crippen molar-refractivity contribution < 1.29 is 0 Å². The number of thioether (sulfide) groups is 1. The minimum absolute atomic E-state index is 0.649. The van der Waals surface area contributed by atoms with Crippen LogP contribution in [-0.2, 0) is 0 Å². The number of alkyl halides is 1. The fourth-order valence-electron chi connectivity index (χ4n) is 1.46. The van der Waals surface area contributed by atoms with Gasteiger partial charge in [-0.1, -0.05) is 59.2 Å². The quantitative estimate of drug-likeness (QED) is 0.604. The van der Waals surface area contributed by atoms with Crippen LogP contribution < -0.4 is 0 Å². The van der Waals surface area contributed by atoms with Crippen molar-refractivity contribution in [3.05, 3.63) is 30.3 Å². The fourth-order valence-corrected chi connectivity index (χ4v) is 3.55. The van der Waals surface area contributed by atoms with Crippen molar-refractivity contribution in [3.63, 3.8) is 0 Å². The summed E-state index contributed by atoms with van der Waals surface area (Å²) in [6.07, 6.45) is 1.16. The summed E-state index contributed by atoms with van der Waals surface area (Å²) in [5.41, 5.74) is 0.997. The van der Waals surface area contributed by atoms with Crippen molar-refractivity contribution in [2.45, 2.75) is 18.5 Å². The number of halogens is 1. The summed E-state index contributed by atoms with van der Waals surface area (Å²) in [5.74, 6) is 1.67. The molecule has 0 aliphatic rings. The maximum absolute atomic E-state index is 4.08. The molecule has 2 rings (SSSR count). The second-order valence-electron chi connectivity index (χ2n) is 3.95. The number of hydrogen-bond acceptors (Lipinski definition) is 4. The Hall–Kier alpha value is -0.880. The SMILES string of the molecule is CCC(CBr)CSc1nnnn1-c1ccccc1. The first-order chi connectivity index (χ1) is 8.85. The van der Waals surface area contributed by atoms with Crippen LogP contribution in [-0.4, -0.2) is 31.3 Å². The van der Waals surface area contributed by atoms with Gasteiger partial charge in [-0.2, -0.15) is 4.68 Å². The Morgan fingerprint density at radius 3 is 2.78 bits per heavy atom. The average molecular weight is 327 g/mol. The zero-order valence-corrected chi connectivity index (χ0v) is 12.6. The van der Waals surface area contributed by atoms with Crippen LogP contribution in [0.2, 0.25) is 0 Å². The van der Waals surface area contributed by atoms with Crippen molar-refractivity contribution in [2.24, 2.45) is 5.92 Å². The Morgan fingerprint density at radius 2 is 2.11 bits per heavy atom. The molecule has 6 heteroatoms. The van der Waals surface area contributed by atoms with Gasteiger partial charge in [0.1, 0.15) is 0 Å². The van der Waals surface area contributed by atoms with Crippen LogP contribution in [0, 0.1) is 5.92 Å². The molecule has 1 aromatic heterocycles. The molecule has 0 aliphatic heterocycles. The zero-order chi connectivity index (χ0) is 12.8. The molecule has 1 heterocycles. The van der Waals surface area contributed by atoms with Crippen LogP contribution in [0.25, 0.3) is 5.69 Å². The van der Waals surface area contributed by atoms with Gasteiger partial charge in [0.25, 0.3) is 0 Å². The van der Waals surface area contributed by atoms with Crippen LogP contribution in [0.5, 0.6) is 0 Å². The van der Waals surface area contributed by atoms with E-state index in [1.165, 1.54) is 0 Å². The fraction of sp³-hybridized carbons (Fsp3) is 0.417. The monoisotopic (exact) mass is 326 g/mol. The van der Waals surface area contributed by atoms with E-state index in [1.54, 1.807) is 16.4 Å². The van der Waals surface area contributed by atoms with Gasteiger partial charge in [0.15, 0.2) is 0 Å². The van der Waals surface area contributed by atoms with Gasteiger partial charge in [-0.05, 0) is 28.5 Å². The van der Waals surface area contributed by atoms with Crippen LogP contribution in [0.4, 0.5) is 0 Å². The molecule has 0 aliphatic carbocycles. The summed E-state index contributed by atoms with van der Waals surface area (Å²) < 4.78 is 1.78. The maximum Gasteiger partial charge on any atom is 0.214 e. The normalized spacial score (nSPS) is 12.6. The molecule has 1 atom stereocenters. The van der Waals surface area contributed by atoms with Gasteiger partial charge in [0.2, 0.25) is 5.16 Å². The van der Waals surface area contributed by atoms with E-state index in [9.17, 15) is 0 Å². The molecule has 0 saturated carbocycles. The van der Waals surface area contributed by atoms with Gasteiger partial charge >= 0.3 is 0 Å². The number of aromatic nitrogens is 4. The van der Waals surface area contributed by atoms with Crippen molar-refractivity contribution >= 4 is 27.7 Å². The summed E-state index contributed by atoms with van der Waals surface area (Å²) in [6.45, 7) is 2.20. The molecule has 0 spiro atoms. The molecule has 18 heavy (non-hydrogen) atoms. The predicted octanol–water partition coefficient (Wildman–Crippen LogP) is 3.18.